The van der Waals surface area contributed by atoms with Crippen LogP contribution in [0.4, 0.5) is 0 Å². The van der Waals surface area contributed by atoms with Crippen LogP contribution in [-0.4, -0.2) is 4.98 Å². The van der Waals surface area contributed by atoms with E-state index >= 15 is 0 Å². The molecule has 3 heteroatoms. The van der Waals surface area contributed by atoms with Crippen LogP contribution in [0, 0.1) is 6.92 Å². The van der Waals surface area contributed by atoms with Crippen LogP contribution < -0.4 is 0 Å². The van der Waals surface area contributed by atoms with Gasteiger partial charge < -0.3 is 0 Å². The Bertz CT molecular complexity index is 666. The summed E-state index contributed by atoms with van der Waals surface area (Å²) in [6, 6.07) is 14.8. The number of benzene rings is 2. The van der Waals surface area contributed by atoms with Crippen LogP contribution in [0.2, 0.25) is 0 Å². The largest absolute Gasteiger partial charge is 0.240 e. The van der Waals surface area contributed by atoms with Crippen molar-refractivity contribution in [3.8, 4) is 10.6 Å². The molecule has 0 spiro atoms. The predicted molar refractivity (Wildman–Crippen MR) is 77.0 cm³/mol. The Morgan fingerprint density at radius 1 is 1.06 bits per heavy atom. The zero-order chi connectivity index (χ0) is 11.8. The van der Waals surface area contributed by atoms with Crippen LogP contribution in [0.1, 0.15) is 5.69 Å². The smallest absolute Gasteiger partial charge is 0.124 e. The Kier molecular flexibility index (Phi) is 2.65. The average Bonchev–Trinajstić information content (AvgIpc) is 2.69. The molecule has 0 aliphatic rings. The van der Waals surface area contributed by atoms with Crippen LogP contribution >= 0.6 is 24.0 Å². The second-order valence-corrected chi connectivity index (χ2v) is 5.72. The minimum absolute atomic E-state index is 0.994. The van der Waals surface area contributed by atoms with E-state index in [2.05, 4.69) is 60.1 Å². The number of thiol groups is 1. The van der Waals surface area contributed by atoms with Crippen LogP contribution in [0.25, 0.3) is 21.3 Å². The molecule has 0 atom stereocenters. The number of rotatable bonds is 1. The number of thiazole rings is 1. The van der Waals surface area contributed by atoms with E-state index in [0.717, 1.165) is 20.5 Å². The van der Waals surface area contributed by atoms with Crippen LogP contribution in [0.5, 0.6) is 0 Å². The summed E-state index contributed by atoms with van der Waals surface area (Å²) in [6.07, 6.45) is 0. The first-order valence-corrected chi connectivity index (χ1v) is 6.66. The highest BCUT2D eigenvalue weighted by Crippen LogP contribution is 2.31. The van der Waals surface area contributed by atoms with E-state index in [-0.39, 0.29) is 0 Å². The van der Waals surface area contributed by atoms with Crippen molar-refractivity contribution in [1.82, 2.24) is 4.98 Å². The van der Waals surface area contributed by atoms with E-state index in [1.807, 2.05) is 6.92 Å². The van der Waals surface area contributed by atoms with Crippen LogP contribution in [-0.2, 0) is 0 Å². The van der Waals surface area contributed by atoms with Gasteiger partial charge in [-0.25, -0.2) is 4.98 Å². The predicted octanol–water partition coefficient (Wildman–Crippen LogP) is 4.56. The first-order chi connectivity index (χ1) is 8.24. The van der Waals surface area contributed by atoms with Crippen molar-refractivity contribution in [2.24, 2.45) is 0 Å². The summed E-state index contributed by atoms with van der Waals surface area (Å²) in [6.45, 7) is 1.99. The van der Waals surface area contributed by atoms with Gasteiger partial charge in [-0.1, -0.05) is 36.4 Å². The minimum atomic E-state index is 0.994. The summed E-state index contributed by atoms with van der Waals surface area (Å²) in [7, 11) is 0. The van der Waals surface area contributed by atoms with E-state index in [4.69, 9.17) is 0 Å². The molecule has 0 aliphatic heterocycles. The number of nitrogens with zero attached hydrogens (tertiary/aromatic N) is 1. The van der Waals surface area contributed by atoms with Crippen molar-refractivity contribution in [3.05, 3.63) is 48.2 Å². The van der Waals surface area contributed by atoms with Crippen molar-refractivity contribution >= 4 is 34.7 Å². The van der Waals surface area contributed by atoms with Crippen LogP contribution in [0.15, 0.2) is 46.7 Å². The van der Waals surface area contributed by atoms with E-state index in [1.54, 1.807) is 11.3 Å². The Morgan fingerprint density at radius 2 is 1.82 bits per heavy atom. The molecule has 1 aromatic heterocycles. The number of aryl methyl sites for hydroxylation is 1. The number of aromatic nitrogens is 1. The fourth-order valence-corrected chi connectivity index (χ4v) is 2.95. The molecule has 0 aliphatic carbocycles. The quantitative estimate of drug-likeness (QED) is 0.630. The maximum Gasteiger partial charge on any atom is 0.124 e. The van der Waals surface area contributed by atoms with Gasteiger partial charge in [-0.2, -0.15) is 0 Å². The Balaban J connectivity index is 2.17. The van der Waals surface area contributed by atoms with E-state index in [9.17, 15) is 0 Å². The lowest BCUT2D eigenvalue weighted by atomic mass is 10.1. The zero-order valence-corrected chi connectivity index (χ0v) is 11.1. The number of fused-ring (bicyclic) bond motifs is 1. The second kappa shape index (κ2) is 4.17. The molecule has 0 bridgehead atoms. The molecule has 0 fully saturated rings. The minimum Gasteiger partial charge on any atom is -0.240 e. The molecule has 84 valence electrons. The maximum absolute atomic E-state index is 4.53. The Hall–Kier alpha value is -1.32. The molecule has 17 heavy (non-hydrogen) atoms. The molecule has 3 aromatic rings. The van der Waals surface area contributed by atoms with Gasteiger partial charge in [0.05, 0.1) is 9.90 Å². The summed E-state index contributed by atoms with van der Waals surface area (Å²) >= 11 is 6.03. The summed E-state index contributed by atoms with van der Waals surface area (Å²) in [4.78, 5) is 4.53. The maximum atomic E-state index is 4.53. The highest BCUT2D eigenvalue weighted by molar-refractivity contribution is 7.83. The van der Waals surface area contributed by atoms with Gasteiger partial charge >= 0.3 is 0 Å². The monoisotopic (exact) mass is 257 g/mol. The molecular formula is C14H11NS2. The standard InChI is InChI=1S/C14H11NS2/c1-9-14(16)17-13(15-9)12-7-6-10-4-2-3-5-11(10)8-12/h2-8,16H,1H3. The molecule has 1 nitrogen and oxygen atoms in total. The van der Waals surface area contributed by atoms with Gasteiger partial charge in [-0.3, -0.25) is 0 Å². The topological polar surface area (TPSA) is 12.9 Å². The van der Waals surface area contributed by atoms with Gasteiger partial charge in [0.1, 0.15) is 5.01 Å². The highest BCUT2D eigenvalue weighted by Gasteiger charge is 2.07. The average molecular weight is 257 g/mol. The Morgan fingerprint density at radius 3 is 2.53 bits per heavy atom. The normalized spacial score (nSPS) is 10.9. The van der Waals surface area contributed by atoms with Crippen molar-refractivity contribution in [1.29, 1.82) is 0 Å². The fourth-order valence-electron chi connectivity index (χ4n) is 1.83. The molecule has 0 unspecified atom stereocenters. The van der Waals surface area contributed by atoms with Gasteiger partial charge in [0, 0.05) is 5.56 Å². The third kappa shape index (κ3) is 1.96. The summed E-state index contributed by atoms with van der Waals surface area (Å²) in [5.41, 5.74) is 2.17. The van der Waals surface area contributed by atoms with Gasteiger partial charge in [0.25, 0.3) is 0 Å². The molecular weight excluding hydrogens is 246 g/mol. The van der Waals surface area contributed by atoms with Crippen molar-refractivity contribution in [3.63, 3.8) is 0 Å². The van der Waals surface area contributed by atoms with Crippen molar-refractivity contribution < 1.29 is 0 Å². The lowest BCUT2D eigenvalue weighted by Crippen LogP contribution is -1.78. The molecule has 0 radical (unpaired) electrons. The molecule has 0 saturated carbocycles. The number of hydrogen-bond acceptors (Lipinski definition) is 3. The Labute approximate surface area is 110 Å². The lowest BCUT2D eigenvalue weighted by molar-refractivity contribution is 1.22. The van der Waals surface area contributed by atoms with E-state index in [0.29, 0.717) is 0 Å². The summed E-state index contributed by atoms with van der Waals surface area (Å²) < 4.78 is 0.994. The third-order valence-corrected chi connectivity index (χ3v) is 4.38. The summed E-state index contributed by atoms with van der Waals surface area (Å²) in [5.74, 6) is 0. The number of hydrogen-bond donors (Lipinski definition) is 1. The third-order valence-electron chi connectivity index (χ3n) is 2.77. The lowest BCUT2D eigenvalue weighted by Gasteiger charge is -2.00. The van der Waals surface area contributed by atoms with Gasteiger partial charge in [0.15, 0.2) is 0 Å². The van der Waals surface area contributed by atoms with Gasteiger partial charge in [-0.05, 0) is 23.8 Å². The first-order valence-electron chi connectivity index (χ1n) is 5.39. The molecule has 1 heterocycles. The summed E-state index contributed by atoms with van der Waals surface area (Å²) in [5, 5.41) is 3.55. The molecule has 3 rings (SSSR count). The van der Waals surface area contributed by atoms with Gasteiger partial charge in [0.2, 0.25) is 0 Å². The highest BCUT2D eigenvalue weighted by atomic mass is 32.2. The van der Waals surface area contributed by atoms with Crippen molar-refractivity contribution in [2.75, 3.05) is 0 Å². The van der Waals surface area contributed by atoms with Crippen molar-refractivity contribution in [2.45, 2.75) is 11.1 Å². The fraction of sp³-hybridized carbons (Fsp3) is 0.0714. The molecule has 0 N–H and O–H groups in total. The van der Waals surface area contributed by atoms with Crippen LogP contribution in [0.3, 0.4) is 0 Å². The molecule has 0 amide bonds. The zero-order valence-electron chi connectivity index (χ0n) is 9.34. The van der Waals surface area contributed by atoms with E-state index < -0.39 is 0 Å². The van der Waals surface area contributed by atoms with E-state index in [1.165, 1.54) is 10.8 Å². The molecule has 0 saturated heterocycles. The molecule has 2 aromatic carbocycles. The van der Waals surface area contributed by atoms with Gasteiger partial charge in [-0.15, -0.1) is 24.0 Å². The SMILES string of the molecule is Cc1nc(-c2ccc3ccccc3c2)sc1S. The second-order valence-electron chi connectivity index (χ2n) is 3.97. The first kappa shape index (κ1) is 10.8.